The molecule has 6 heteroatoms. The Morgan fingerprint density at radius 2 is 2.04 bits per heavy atom. The van der Waals surface area contributed by atoms with Crippen molar-refractivity contribution >= 4 is 48.4 Å². The molecule has 0 aliphatic heterocycles. The highest BCUT2D eigenvalue weighted by Crippen LogP contribution is 2.34. The van der Waals surface area contributed by atoms with E-state index in [1.807, 2.05) is 29.9 Å². The topological polar surface area (TPSA) is 39.9 Å². The number of thiazole rings is 1. The van der Waals surface area contributed by atoms with E-state index in [2.05, 4.69) is 44.2 Å². The van der Waals surface area contributed by atoms with Gasteiger partial charge in [0.1, 0.15) is 5.75 Å². The van der Waals surface area contributed by atoms with E-state index in [-0.39, 0.29) is 0 Å². The van der Waals surface area contributed by atoms with Crippen LogP contribution in [-0.2, 0) is 6.54 Å². The summed E-state index contributed by atoms with van der Waals surface area (Å²) in [6, 6.07) is 10.2. The lowest BCUT2D eigenvalue weighted by atomic mass is 10.2. The van der Waals surface area contributed by atoms with Gasteiger partial charge in [0.2, 0.25) is 0 Å². The fourth-order valence-electron chi connectivity index (χ4n) is 2.75. The predicted octanol–water partition coefficient (Wildman–Crippen LogP) is 4.77. The van der Waals surface area contributed by atoms with Gasteiger partial charge < -0.3 is 4.74 Å². The monoisotopic (exact) mass is 387 g/mol. The molecule has 0 saturated heterocycles. The Morgan fingerprint density at radius 3 is 2.78 bits per heavy atom. The van der Waals surface area contributed by atoms with Crippen LogP contribution >= 0.6 is 27.3 Å². The molecule has 0 fully saturated rings. The average molecular weight is 388 g/mol. The smallest absolute Gasteiger partial charge is 0.118 e. The lowest BCUT2D eigenvalue weighted by Crippen LogP contribution is -2.01. The van der Waals surface area contributed by atoms with Crippen molar-refractivity contribution < 1.29 is 4.74 Å². The number of ether oxygens (including phenoxy) is 1. The molecule has 2 aromatic carbocycles. The Kier molecular flexibility index (Phi) is 3.58. The van der Waals surface area contributed by atoms with Gasteiger partial charge in [0, 0.05) is 9.86 Å². The number of halogens is 1. The zero-order valence-corrected chi connectivity index (χ0v) is 15.1. The first kappa shape index (κ1) is 14.7. The largest absolute Gasteiger partial charge is 0.497 e. The maximum Gasteiger partial charge on any atom is 0.118 e. The minimum atomic E-state index is 0.709. The van der Waals surface area contributed by atoms with E-state index in [0.29, 0.717) is 6.54 Å². The molecule has 23 heavy (non-hydrogen) atoms. The normalized spacial score (nSPS) is 11.4. The average Bonchev–Trinajstić information content (AvgIpc) is 3.11. The maximum atomic E-state index is 5.21. The van der Waals surface area contributed by atoms with E-state index in [0.717, 1.165) is 31.6 Å². The van der Waals surface area contributed by atoms with Crippen LogP contribution in [0.3, 0.4) is 0 Å². The van der Waals surface area contributed by atoms with Gasteiger partial charge in [-0.3, -0.25) is 4.68 Å². The van der Waals surface area contributed by atoms with Gasteiger partial charge in [-0.05, 0) is 46.6 Å². The Balaban J connectivity index is 1.82. The van der Waals surface area contributed by atoms with Crippen molar-refractivity contribution in [1.29, 1.82) is 0 Å². The lowest BCUT2D eigenvalue weighted by Gasteiger charge is -2.07. The Morgan fingerprint density at radius 1 is 1.26 bits per heavy atom. The summed E-state index contributed by atoms with van der Waals surface area (Å²) in [6.45, 7) is 2.74. The fraction of sp³-hybridized carbons (Fsp3) is 0.176. The summed E-state index contributed by atoms with van der Waals surface area (Å²) in [7, 11) is 1.67. The molecule has 0 spiro atoms. The van der Waals surface area contributed by atoms with Crippen molar-refractivity contribution in [2.75, 3.05) is 7.11 Å². The van der Waals surface area contributed by atoms with Gasteiger partial charge >= 0.3 is 0 Å². The van der Waals surface area contributed by atoms with Crippen LogP contribution in [0.2, 0.25) is 0 Å². The first-order chi connectivity index (χ1) is 11.2. The molecule has 116 valence electrons. The van der Waals surface area contributed by atoms with E-state index >= 15 is 0 Å². The number of rotatable bonds is 3. The molecule has 2 aromatic heterocycles. The summed E-state index contributed by atoms with van der Waals surface area (Å²) in [5, 5.41) is 6.74. The first-order valence-electron chi connectivity index (χ1n) is 7.20. The summed E-state index contributed by atoms with van der Waals surface area (Å²) < 4.78 is 9.45. The van der Waals surface area contributed by atoms with E-state index in [1.165, 1.54) is 10.3 Å². The van der Waals surface area contributed by atoms with Gasteiger partial charge in [0.25, 0.3) is 0 Å². The number of methoxy groups -OCH3 is 1. The third-order valence-corrected chi connectivity index (χ3v) is 5.35. The minimum Gasteiger partial charge on any atom is -0.497 e. The number of aromatic nitrogens is 3. The van der Waals surface area contributed by atoms with Crippen LogP contribution in [0.1, 0.15) is 10.6 Å². The van der Waals surface area contributed by atoms with Crippen molar-refractivity contribution in [3.8, 4) is 5.75 Å². The zero-order chi connectivity index (χ0) is 16.0. The van der Waals surface area contributed by atoms with Crippen molar-refractivity contribution in [2.45, 2.75) is 13.5 Å². The summed E-state index contributed by atoms with van der Waals surface area (Å²) in [4.78, 5) is 4.65. The Hall–Kier alpha value is -1.92. The summed E-state index contributed by atoms with van der Waals surface area (Å²) in [6.07, 6.45) is 1.91. The number of hydrogen-bond donors (Lipinski definition) is 0. The highest BCUT2D eigenvalue weighted by molar-refractivity contribution is 9.10. The number of fused-ring (bicyclic) bond motifs is 3. The Bertz CT molecular complexity index is 1000. The summed E-state index contributed by atoms with van der Waals surface area (Å²) >= 11 is 5.40. The number of aryl methyl sites for hydroxylation is 1. The van der Waals surface area contributed by atoms with Gasteiger partial charge in [-0.15, -0.1) is 11.3 Å². The van der Waals surface area contributed by atoms with Crippen molar-refractivity contribution in [3.05, 3.63) is 51.6 Å². The van der Waals surface area contributed by atoms with Crippen molar-refractivity contribution in [1.82, 2.24) is 14.8 Å². The molecular formula is C17H14BrN3OS. The molecule has 0 atom stereocenters. The van der Waals surface area contributed by atoms with Crippen LogP contribution in [0.25, 0.3) is 21.1 Å². The van der Waals surface area contributed by atoms with Crippen molar-refractivity contribution in [3.63, 3.8) is 0 Å². The second-order valence-electron chi connectivity index (χ2n) is 5.35. The van der Waals surface area contributed by atoms with E-state index in [9.17, 15) is 0 Å². The van der Waals surface area contributed by atoms with Crippen LogP contribution < -0.4 is 4.74 Å². The molecule has 2 heterocycles. The van der Waals surface area contributed by atoms with Crippen LogP contribution in [0.4, 0.5) is 0 Å². The molecule has 0 amide bonds. The first-order valence-corrected chi connectivity index (χ1v) is 8.81. The van der Waals surface area contributed by atoms with Crippen molar-refractivity contribution in [2.24, 2.45) is 0 Å². The highest BCUT2D eigenvalue weighted by Gasteiger charge is 2.14. The van der Waals surface area contributed by atoms with E-state index in [1.54, 1.807) is 18.4 Å². The standard InChI is InChI=1S/C17H14BrN3OS/c1-10-20-16-13-8-19-21(17(13)14(18)7-15(16)23-10)9-11-3-5-12(22-2)6-4-11/h3-8H,9H2,1-2H3. The van der Waals surface area contributed by atoms with Crippen LogP contribution in [0.5, 0.6) is 5.75 Å². The molecule has 0 unspecified atom stereocenters. The lowest BCUT2D eigenvalue weighted by molar-refractivity contribution is 0.414. The molecule has 0 bridgehead atoms. The van der Waals surface area contributed by atoms with Gasteiger partial charge in [0.05, 0.1) is 40.6 Å². The third kappa shape index (κ3) is 2.52. The van der Waals surface area contributed by atoms with E-state index in [4.69, 9.17) is 4.74 Å². The predicted molar refractivity (Wildman–Crippen MR) is 97.4 cm³/mol. The second kappa shape index (κ2) is 5.62. The quantitative estimate of drug-likeness (QED) is 0.508. The molecular weight excluding hydrogens is 374 g/mol. The van der Waals surface area contributed by atoms with Gasteiger partial charge in [-0.1, -0.05) is 12.1 Å². The third-order valence-electron chi connectivity index (χ3n) is 3.83. The Labute approximate surface area is 145 Å². The molecule has 0 N–H and O–H groups in total. The second-order valence-corrected chi connectivity index (χ2v) is 7.44. The molecule has 0 radical (unpaired) electrons. The van der Waals surface area contributed by atoms with Gasteiger partial charge in [0.15, 0.2) is 0 Å². The molecule has 0 saturated carbocycles. The zero-order valence-electron chi connectivity index (χ0n) is 12.7. The van der Waals surface area contributed by atoms with Crippen LogP contribution in [0, 0.1) is 6.92 Å². The molecule has 4 rings (SSSR count). The maximum absolute atomic E-state index is 5.21. The van der Waals surface area contributed by atoms with E-state index < -0.39 is 0 Å². The molecule has 0 aliphatic rings. The summed E-state index contributed by atoms with van der Waals surface area (Å²) in [5.41, 5.74) is 3.29. The summed E-state index contributed by atoms with van der Waals surface area (Å²) in [5.74, 6) is 0.861. The fourth-order valence-corrected chi connectivity index (χ4v) is 4.43. The molecule has 0 aliphatic carbocycles. The highest BCUT2D eigenvalue weighted by atomic mass is 79.9. The van der Waals surface area contributed by atoms with Crippen LogP contribution in [-0.4, -0.2) is 21.9 Å². The number of benzene rings is 2. The molecule has 4 nitrogen and oxygen atoms in total. The van der Waals surface area contributed by atoms with Crippen LogP contribution in [0.15, 0.2) is 41.0 Å². The van der Waals surface area contributed by atoms with Gasteiger partial charge in [-0.25, -0.2) is 4.98 Å². The molecule has 4 aromatic rings. The number of hydrogen-bond acceptors (Lipinski definition) is 4. The number of nitrogens with zero attached hydrogens (tertiary/aromatic N) is 3. The SMILES string of the molecule is COc1ccc(Cn2ncc3c4nc(C)sc4cc(Br)c32)cc1. The minimum absolute atomic E-state index is 0.709. The van der Waals surface area contributed by atoms with Gasteiger partial charge in [-0.2, -0.15) is 5.10 Å².